The van der Waals surface area contributed by atoms with Crippen molar-refractivity contribution >= 4 is 29.3 Å². The molecular formula is C23H21N3O2S. The van der Waals surface area contributed by atoms with Crippen LogP contribution in [0.2, 0.25) is 0 Å². The Kier molecular flexibility index (Phi) is 4.36. The normalized spacial score (nSPS) is 23.2. The van der Waals surface area contributed by atoms with Crippen LogP contribution >= 0.6 is 11.8 Å². The molecule has 5 rings (SSSR count). The largest absolute Gasteiger partial charge is 0.315 e. The Labute approximate surface area is 174 Å². The Hall–Kier alpha value is -2.78. The maximum Gasteiger partial charge on any atom is 0.268 e. The van der Waals surface area contributed by atoms with Crippen LogP contribution < -0.4 is 4.90 Å². The average Bonchev–Trinajstić information content (AvgIpc) is 3.24. The molecule has 1 spiro atoms. The molecular weight excluding hydrogens is 382 g/mol. The second kappa shape index (κ2) is 6.93. The molecule has 5 nitrogen and oxygen atoms in total. The van der Waals surface area contributed by atoms with Crippen LogP contribution in [0.15, 0.2) is 48.5 Å². The van der Waals surface area contributed by atoms with Crippen molar-refractivity contribution in [2.75, 3.05) is 17.2 Å². The zero-order chi connectivity index (χ0) is 20.0. The van der Waals surface area contributed by atoms with Gasteiger partial charge in [-0.3, -0.25) is 9.59 Å². The molecule has 0 radical (unpaired) electrons. The summed E-state index contributed by atoms with van der Waals surface area (Å²) in [6.45, 7) is 0.997. The van der Waals surface area contributed by atoms with Crippen LogP contribution in [0.3, 0.4) is 0 Å². The van der Waals surface area contributed by atoms with Crippen molar-refractivity contribution in [3.63, 3.8) is 0 Å². The second-order valence-corrected chi connectivity index (χ2v) is 9.12. The minimum atomic E-state index is -0.948. The molecule has 2 amide bonds. The monoisotopic (exact) mass is 403 g/mol. The Morgan fingerprint density at radius 1 is 1.21 bits per heavy atom. The fourth-order valence-corrected chi connectivity index (χ4v) is 6.01. The molecule has 2 aliphatic heterocycles. The lowest BCUT2D eigenvalue weighted by molar-refractivity contribution is -0.145. The lowest BCUT2D eigenvalue weighted by Crippen LogP contribution is -2.52. The van der Waals surface area contributed by atoms with E-state index < -0.39 is 4.87 Å². The van der Waals surface area contributed by atoms with Gasteiger partial charge in [-0.25, -0.2) is 0 Å². The van der Waals surface area contributed by atoms with E-state index in [0.29, 0.717) is 18.7 Å². The molecule has 2 aromatic carbocycles. The third-order valence-corrected chi connectivity index (χ3v) is 7.64. The first kappa shape index (κ1) is 18.3. The zero-order valence-corrected chi connectivity index (χ0v) is 16.8. The summed E-state index contributed by atoms with van der Waals surface area (Å²) in [5.41, 5.74) is 3.26. The summed E-state index contributed by atoms with van der Waals surface area (Å²) in [5.74, 6) is 0.900. The highest BCUT2D eigenvalue weighted by Crippen LogP contribution is 2.55. The molecule has 3 aliphatic rings. The minimum Gasteiger partial charge on any atom is -0.315 e. The van der Waals surface area contributed by atoms with E-state index in [-0.39, 0.29) is 17.7 Å². The van der Waals surface area contributed by atoms with E-state index in [1.165, 1.54) is 0 Å². The lowest BCUT2D eigenvalue weighted by atomic mass is 9.84. The molecule has 0 aromatic heterocycles. The number of carbonyl (C=O) groups is 2. The number of anilines is 1. The number of amides is 2. The minimum absolute atomic E-state index is 0.0452. The molecule has 0 N–H and O–H groups in total. The fourth-order valence-electron chi connectivity index (χ4n) is 4.54. The number of rotatable bonds is 3. The maximum atomic E-state index is 13.8. The molecule has 146 valence electrons. The van der Waals surface area contributed by atoms with Gasteiger partial charge in [0.15, 0.2) is 4.87 Å². The molecule has 2 fully saturated rings. The predicted molar refractivity (Wildman–Crippen MR) is 112 cm³/mol. The number of nitrogens with zero attached hydrogens (tertiary/aromatic N) is 3. The van der Waals surface area contributed by atoms with Gasteiger partial charge in [0.25, 0.3) is 5.91 Å². The number of hydrogen-bond donors (Lipinski definition) is 0. The van der Waals surface area contributed by atoms with E-state index in [1.807, 2.05) is 47.4 Å². The standard InChI is InChI=1S/C23H21N3O2S/c24-14-16-5-3-6-17(13-16)15-25-20-10-2-1-9-19(20)23(22(25)28)26(11-12-29-23)21(27)18-7-4-8-18/h1-3,5-6,9-10,13,18H,4,7-8,11-12,15H2. The van der Waals surface area contributed by atoms with Crippen LogP contribution in [0, 0.1) is 17.2 Å². The van der Waals surface area contributed by atoms with Gasteiger partial charge >= 0.3 is 0 Å². The summed E-state index contributed by atoms with van der Waals surface area (Å²) >= 11 is 1.58. The van der Waals surface area contributed by atoms with Crippen LogP contribution in [-0.2, 0) is 21.0 Å². The van der Waals surface area contributed by atoms with Crippen molar-refractivity contribution in [3.8, 4) is 6.07 Å². The first-order chi connectivity index (χ1) is 14.1. The molecule has 1 saturated heterocycles. The summed E-state index contributed by atoms with van der Waals surface area (Å²) in [6.07, 6.45) is 2.95. The van der Waals surface area contributed by atoms with Crippen molar-refractivity contribution in [1.82, 2.24) is 4.90 Å². The summed E-state index contributed by atoms with van der Waals surface area (Å²) < 4.78 is 0. The van der Waals surface area contributed by atoms with E-state index >= 15 is 0 Å². The van der Waals surface area contributed by atoms with Crippen molar-refractivity contribution in [2.45, 2.75) is 30.7 Å². The van der Waals surface area contributed by atoms with Gasteiger partial charge < -0.3 is 9.80 Å². The summed E-state index contributed by atoms with van der Waals surface area (Å²) in [6, 6.07) is 17.3. The van der Waals surface area contributed by atoms with Gasteiger partial charge in [-0.2, -0.15) is 5.26 Å². The van der Waals surface area contributed by atoms with Gasteiger partial charge in [-0.05, 0) is 36.6 Å². The summed E-state index contributed by atoms with van der Waals surface area (Å²) in [5, 5.41) is 9.20. The van der Waals surface area contributed by atoms with E-state index in [9.17, 15) is 14.9 Å². The fraction of sp³-hybridized carbons (Fsp3) is 0.348. The first-order valence-electron chi connectivity index (χ1n) is 10.0. The van der Waals surface area contributed by atoms with Crippen molar-refractivity contribution in [1.29, 1.82) is 5.26 Å². The van der Waals surface area contributed by atoms with E-state index in [2.05, 4.69) is 6.07 Å². The van der Waals surface area contributed by atoms with Crippen LogP contribution in [-0.4, -0.2) is 29.0 Å². The number of hydrogen-bond acceptors (Lipinski definition) is 4. The van der Waals surface area contributed by atoms with Gasteiger partial charge in [-0.15, -0.1) is 11.8 Å². The average molecular weight is 404 g/mol. The van der Waals surface area contributed by atoms with Crippen molar-refractivity contribution in [2.24, 2.45) is 5.92 Å². The Balaban J connectivity index is 1.55. The van der Waals surface area contributed by atoms with E-state index in [0.717, 1.165) is 41.8 Å². The number of para-hydroxylation sites is 1. The summed E-state index contributed by atoms with van der Waals surface area (Å²) in [7, 11) is 0. The Morgan fingerprint density at radius 3 is 2.79 bits per heavy atom. The topological polar surface area (TPSA) is 64.4 Å². The molecule has 6 heteroatoms. The Morgan fingerprint density at radius 2 is 2.03 bits per heavy atom. The lowest BCUT2D eigenvalue weighted by Gasteiger charge is -2.37. The van der Waals surface area contributed by atoms with E-state index in [1.54, 1.807) is 22.7 Å². The second-order valence-electron chi connectivity index (χ2n) is 7.83. The molecule has 2 heterocycles. The molecule has 29 heavy (non-hydrogen) atoms. The van der Waals surface area contributed by atoms with Gasteiger partial charge in [0.1, 0.15) is 0 Å². The van der Waals surface area contributed by atoms with E-state index in [4.69, 9.17) is 0 Å². The van der Waals surface area contributed by atoms with Gasteiger partial charge in [0, 0.05) is 23.8 Å². The van der Waals surface area contributed by atoms with Crippen LogP contribution in [0.1, 0.15) is 36.0 Å². The summed E-state index contributed by atoms with van der Waals surface area (Å²) in [4.78, 5) is 29.7. The van der Waals surface area contributed by atoms with Gasteiger partial charge in [0.05, 0.1) is 23.9 Å². The number of nitriles is 1. The van der Waals surface area contributed by atoms with Crippen molar-refractivity contribution in [3.05, 3.63) is 65.2 Å². The molecule has 2 aromatic rings. The molecule has 1 saturated carbocycles. The smallest absolute Gasteiger partial charge is 0.268 e. The molecule has 1 unspecified atom stereocenters. The number of fused-ring (bicyclic) bond motifs is 2. The van der Waals surface area contributed by atoms with Crippen LogP contribution in [0.5, 0.6) is 0 Å². The maximum absolute atomic E-state index is 13.8. The van der Waals surface area contributed by atoms with Gasteiger partial charge in [-0.1, -0.05) is 36.8 Å². The first-order valence-corrected chi connectivity index (χ1v) is 11.0. The van der Waals surface area contributed by atoms with Gasteiger partial charge in [0.2, 0.25) is 5.91 Å². The van der Waals surface area contributed by atoms with Crippen LogP contribution in [0.4, 0.5) is 5.69 Å². The number of benzene rings is 2. The quantitative estimate of drug-likeness (QED) is 0.785. The Bertz CT molecular complexity index is 1040. The highest BCUT2D eigenvalue weighted by atomic mass is 32.2. The number of thioether (sulfide) groups is 1. The highest BCUT2D eigenvalue weighted by Gasteiger charge is 2.59. The highest BCUT2D eigenvalue weighted by molar-refractivity contribution is 8.01. The molecule has 1 aliphatic carbocycles. The van der Waals surface area contributed by atoms with Crippen LogP contribution in [0.25, 0.3) is 0 Å². The SMILES string of the molecule is N#Cc1cccc(CN2C(=O)C3(SCCN3C(=O)C3CCC3)c3ccccc32)c1. The number of carbonyl (C=O) groups excluding carboxylic acids is 2. The van der Waals surface area contributed by atoms with Crippen molar-refractivity contribution < 1.29 is 9.59 Å². The molecule has 0 bridgehead atoms. The molecule has 1 atom stereocenters. The predicted octanol–water partition coefficient (Wildman–Crippen LogP) is 3.63. The third kappa shape index (κ3) is 2.68. The third-order valence-electron chi connectivity index (χ3n) is 6.22. The zero-order valence-electron chi connectivity index (χ0n) is 16.0.